The molecule has 0 radical (unpaired) electrons. The molecule has 0 aromatic heterocycles. The first kappa shape index (κ1) is 17.5. The van der Waals surface area contributed by atoms with E-state index in [-0.39, 0.29) is 12.4 Å². The van der Waals surface area contributed by atoms with E-state index in [1.165, 1.54) is 12.1 Å². The Labute approximate surface area is 130 Å². The highest BCUT2D eigenvalue weighted by atomic mass is 19.1. The maximum Gasteiger partial charge on any atom is 0.384 e. The molecule has 0 aliphatic heterocycles. The molecular weight excluding hydrogens is 279 g/mol. The predicted molar refractivity (Wildman–Crippen MR) is 86.4 cm³/mol. The van der Waals surface area contributed by atoms with Crippen molar-refractivity contribution in [2.45, 2.75) is 27.4 Å². The van der Waals surface area contributed by atoms with E-state index in [2.05, 4.69) is 11.8 Å². The van der Waals surface area contributed by atoms with Crippen LogP contribution in [-0.2, 0) is 16.1 Å². The second kappa shape index (κ2) is 9.36. The smallest absolute Gasteiger partial charge is 0.384 e. The van der Waals surface area contributed by atoms with Gasteiger partial charge in [0, 0.05) is 5.92 Å². The first-order valence-electron chi connectivity index (χ1n) is 7.13. The van der Waals surface area contributed by atoms with Crippen LogP contribution in [0, 0.1) is 17.7 Å². The fourth-order valence-electron chi connectivity index (χ4n) is 1.72. The zero-order valence-corrected chi connectivity index (χ0v) is 13.0. The number of carbonyl (C=O) groups excluding carboxylic acids is 1. The van der Waals surface area contributed by atoms with Gasteiger partial charge in [-0.05, 0) is 35.7 Å². The van der Waals surface area contributed by atoms with E-state index in [1.807, 2.05) is 38.1 Å². The van der Waals surface area contributed by atoms with Crippen molar-refractivity contribution in [3.8, 4) is 23.0 Å². The third-order valence-corrected chi connectivity index (χ3v) is 2.73. The fourth-order valence-corrected chi connectivity index (χ4v) is 1.72. The lowest BCUT2D eigenvalue weighted by molar-refractivity contribution is -0.137. The van der Waals surface area contributed by atoms with Gasteiger partial charge in [0.25, 0.3) is 0 Å². The summed E-state index contributed by atoms with van der Waals surface area (Å²) in [4.78, 5) is 11.1. The first-order chi connectivity index (χ1) is 10.7. The average molecular weight is 298 g/mol. The second-order valence-electron chi connectivity index (χ2n) is 4.15. The molecule has 0 atom stereocenters. The van der Waals surface area contributed by atoms with Gasteiger partial charge < -0.3 is 4.74 Å². The fraction of sp³-hybridized carbons (Fsp3) is 0.211. The van der Waals surface area contributed by atoms with Crippen LogP contribution in [0.15, 0.2) is 48.5 Å². The Balaban J connectivity index is 0.00000116. The quantitative estimate of drug-likeness (QED) is 0.471. The van der Waals surface area contributed by atoms with E-state index in [1.54, 1.807) is 19.1 Å². The Hall–Kier alpha value is -2.60. The molecule has 0 heterocycles. The van der Waals surface area contributed by atoms with Gasteiger partial charge in [0.15, 0.2) is 0 Å². The number of carbonyl (C=O) groups is 1. The SMILES string of the molecule is CC.CC#CC(=O)OCc1ccc(-c2ccc(F)cc2)cc1. The number of ether oxygens (including phenoxy) is 1. The van der Waals surface area contributed by atoms with Crippen molar-refractivity contribution < 1.29 is 13.9 Å². The molecule has 114 valence electrons. The highest BCUT2D eigenvalue weighted by Crippen LogP contribution is 2.20. The van der Waals surface area contributed by atoms with E-state index in [4.69, 9.17) is 4.74 Å². The molecule has 0 spiro atoms. The molecule has 22 heavy (non-hydrogen) atoms. The Bertz CT molecular complexity index is 647. The molecule has 0 aliphatic rings. The van der Waals surface area contributed by atoms with Gasteiger partial charge in [-0.1, -0.05) is 56.2 Å². The van der Waals surface area contributed by atoms with Crippen molar-refractivity contribution in [2.75, 3.05) is 0 Å². The standard InChI is InChI=1S/C17H13FO2.C2H6/c1-2-3-17(19)20-12-13-4-6-14(7-5-13)15-8-10-16(18)11-9-15;1-2/h4-11H,12H2,1H3;1-2H3. The number of hydrogen-bond donors (Lipinski definition) is 0. The van der Waals surface area contributed by atoms with Gasteiger partial charge in [-0.3, -0.25) is 0 Å². The van der Waals surface area contributed by atoms with E-state index >= 15 is 0 Å². The van der Waals surface area contributed by atoms with Crippen LogP contribution in [0.25, 0.3) is 11.1 Å². The van der Waals surface area contributed by atoms with Crippen molar-refractivity contribution in [3.63, 3.8) is 0 Å². The molecule has 2 aromatic rings. The molecule has 3 heteroatoms. The van der Waals surface area contributed by atoms with Crippen LogP contribution in [0.4, 0.5) is 4.39 Å². The van der Waals surface area contributed by atoms with E-state index in [9.17, 15) is 9.18 Å². The lowest BCUT2D eigenvalue weighted by atomic mass is 10.0. The largest absolute Gasteiger partial charge is 0.451 e. The van der Waals surface area contributed by atoms with Gasteiger partial charge in [0.2, 0.25) is 0 Å². The third kappa shape index (κ3) is 5.41. The van der Waals surface area contributed by atoms with Crippen LogP contribution >= 0.6 is 0 Å². The average Bonchev–Trinajstić information content (AvgIpc) is 2.56. The molecule has 2 rings (SSSR count). The molecular formula is C19H19FO2. The summed E-state index contributed by atoms with van der Waals surface area (Å²) in [5, 5.41) is 0. The minimum atomic E-state index is -0.532. The number of esters is 1. The van der Waals surface area contributed by atoms with E-state index in [0.717, 1.165) is 16.7 Å². The van der Waals surface area contributed by atoms with Gasteiger partial charge >= 0.3 is 5.97 Å². The Morgan fingerprint density at radius 2 is 1.50 bits per heavy atom. The minimum Gasteiger partial charge on any atom is -0.451 e. The highest BCUT2D eigenvalue weighted by molar-refractivity contribution is 5.88. The molecule has 0 saturated heterocycles. The van der Waals surface area contributed by atoms with Crippen LogP contribution in [0.5, 0.6) is 0 Å². The Morgan fingerprint density at radius 3 is 2.00 bits per heavy atom. The summed E-state index contributed by atoms with van der Waals surface area (Å²) in [5.41, 5.74) is 2.79. The molecule has 0 amide bonds. The van der Waals surface area contributed by atoms with Crippen LogP contribution in [-0.4, -0.2) is 5.97 Å². The van der Waals surface area contributed by atoms with Gasteiger partial charge in [0.05, 0.1) is 0 Å². The van der Waals surface area contributed by atoms with Gasteiger partial charge in [0.1, 0.15) is 12.4 Å². The predicted octanol–water partition coefficient (Wildman–Crippen LogP) is 4.59. The molecule has 0 N–H and O–H groups in total. The Kier molecular flexibility index (Phi) is 7.42. The van der Waals surface area contributed by atoms with Crippen molar-refractivity contribution >= 4 is 5.97 Å². The summed E-state index contributed by atoms with van der Waals surface area (Å²) in [6, 6.07) is 13.8. The minimum absolute atomic E-state index is 0.192. The van der Waals surface area contributed by atoms with Crippen molar-refractivity contribution in [2.24, 2.45) is 0 Å². The lowest BCUT2D eigenvalue weighted by Crippen LogP contribution is -2.01. The van der Waals surface area contributed by atoms with E-state index in [0.29, 0.717) is 0 Å². The lowest BCUT2D eigenvalue weighted by Gasteiger charge is -2.04. The molecule has 0 bridgehead atoms. The number of benzene rings is 2. The van der Waals surface area contributed by atoms with Crippen LogP contribution < -0.4 is 0 Å². The van der Waals surface area contributed by atoms with Crippen molar-refractivity contribution in [1.29, 1.82) is 0 Å². The summed E-state index contributed by atoms with van der Waals surface area (Å²) in [7, 11) is 0. The van der Waals surface area contributed by atoms with Crippen LogP contribution in [0.2, 0.25) is 0 Å². The van der Waals surface area contributed by atoms with Crippen molar-refractivity contribution in [3.05, 3.63) is 59.9 Å². The number of rotatable bonds is 3. The number of hydrogen-bond acceptors (Lipinski definition) is 2. The van der Waals surface area contributed by atoms with Crippen LogP contribution in [0.3, 0.4) is 0 Å². The summed E-state index contributed by atoms with van der Waals surface area (Å²) in [6.45, 7) is 5.77. The van der Waals surface area contributed by atoms with Crippen molar-refractivity contribution in [1.82, 2.24) is 0 Å². The summed E-state index contributed by atoms with van der Waals surface area (Å²) < 4.78 is 17.8. The first-order valence-corrected chi connectivity index (χ1v) is 7.13. The molecule has 0 fully saturated rings. The summed E-state index contributed by atoms with van der Waals surface area (Å²) in [5.74, 6) is 4.01. The van der Waals surface area contributed by atoms with Gasteiger partial charge in [-0.25, -0.2) is 9.18 Å². The van der Waals surface area contributed by atoms with Crippen LogP contribution in [0.1, 0.15) is 26.3 Å². The second-order valence-corrected chi connectivity index (χ2v) is 4.15. The molecule has 2 aromatic carbocycles. The molecule has 0 aliphatic carbocycles. The zero-order valence-electron chi connectivity index (χ0n) is 13.0. The topological polar surface area (TPSA) is 26.3 Å². The van der Waals surface area contributed by atoms with E-state index < -0.39 is 5.97 Å². The maximum absolute atomic E-state index is 12.8. The monoisotopic (exact) mass is 298 g/mol. The molecule has 2 nitrogen and oxygen atoms in total. The summed E-state index contributed by atoms with van der Waals surface area (Å²) in [6.07, 6.45) is 0. The third-order valence-electron chi connectivity index (χ3n) is 2.73. The summed E-state index contributed by atoms with van der Waals surface area (Å²) >= 11 is 0. The molecule has 0 unspecified atom stereocenters. The molecule has 0 saturated carbocycles. The van der Waals surface area contributed by atoms with Gasteiger partial charge in [-0.15, -0.1) is 0 Å². The normalized spacial score (nSPS) is 8.91. The number of halogens is 1. The van der Waals surface area contributed by atoms with Gasteiger partial charge in [-0.2, -0.15) is 0 Å². The highest BCUT2D eigenvalue weighted by Gasteiger charge is 2.01. The zero-order chi connectivity index (χ0) is 16.4. The maximum atomic E-state index is 12.8. The Morgan fingerprint density at radius 1 is 1.00 bits per heavy atom.